The number of carbonyl (C=O) groups is 2. The summed E-state index contributed by atoms with van der Waals surface area (Å²) in [5.74, 6) is 4.91. The summed E-state index contributed by atoms with van der Waals surface area (Å²) in [7, 11) is 0. The van der Waals surface area contributed by atoms with Gasteiger partial charge in [0.2, 0.25) is 0 Å². The van der Waals surface area contributed by atoms with Crippen molar-refractivity contribution in [3.8, 4) is 11.8 Å². The molecule has 0 amide bonds. The molecule has 0 bridgehead atoms. The molecule has 1 aliphatic heterocycles. The van der Waals surface area contributed by atoms with Gasteiger partial charge >= 0.3 is 5.97 Å². The van der Waals surface area contributed by atoms with E-state index < -0.39 is 17.5 Å². The number of carboxylic acid groups (broad SMARTS) is 1. The van der Waals surface area contributed by atoms with Crippen LogP contribution in [0.25, 0.3) is 0 Å². The number of aliphatic hydroxyl groups is 1. The van der Waals surface area contributed by atoms with Crippen LogP contribution in [0.5, 0.6) is 0 Å². The summed E-state index contributed by atoms with van der Waals surface area (Å²) in [5.41, 5.74) is -0.727. The lowest BCUT2D eigenvalue weighted by Gasteiger charge is -2.45. The van der Waals surface area contributed by atoms with Crippen LogP contribution in [-0.4, -0.2) is 40.8 Å². The van der Waals surface area contributed by atoms with E-state index in [1.165, 1.54) is 6.42 Å². The Morgan fingerprint density at radius 1 is 1.29 bits per heavy atom. The smallest absolute Gasteiger partial charge is 0.346 e. The molecule has 5 nitrogen and oxygen atoms in total. The lowest BCUT2D eigenvalue weighted by atomic mass is 9.66. The van der Waals surface area contributed by atoms with Crippen molar-refractivity contribution in [2.75, 3.05) is 13.2 Å². The summed E-state index contributed by atoms with van der Waals surface area (Å²) in [6.45, 7) is 8.01. The molecule has 1 saturated carbocycles. The largest absolute Gasteiger partial charge is 0.477 e. The summed E-state index contributed by atoms with van der Waals surface area (Å²) < 4.78 is 6.05. The molecule has 1 aromatic heterocycles. The van der Waals surface area contributed by atoms with Crippen LogP contribution in [0.1, 0.15) is 92.3 Å². The van der Waals surface area contributed by atoms with Crippen molar-refractivity contribution in [2.24, 2.45) is 17.3 Å². The highest BCUT2D eigenvalue weighted by Gasteiger charge is 2.50. The quantitative estimate of drug-likeness (QED) is 0.631. The molecule has 0 radical (unpaired) electrons. The number of hydrogen-bond acceptors (Lipinski definition) is 5. The molecule has 2 heterocycles. The Morgan fingerprint density at radius 2 is 1.97 bits per heavy atom. The minimum Gasteiger partial charge on any atom is -0.477 e. The van der Waals surface area contributed by atoms with E-state index in [0.29, 0.717) is 23.0 Å². The summed E-state index contributed by atoms with van der Waals surface area (Å²) >= 11 is 1.15. The summed E-state index contributed by atoms with van der Waals surface area (Å²) in [6.07, 6.45) is 5.76. The molecule has 31 heavy (non-hydrogen) atoms. The van der Waals surface area contributed by atoms with E-state index >= 15 is 0 Å². The SMILES string of the molecule is CC(C)(C)C#Cc1cc(C2C(=O)[C@@](C)(CCO)OC[C@H]2C2CCCCC2)c(C(=O)O)s1. The molecule has 2 aliphatic rings. The third kappa shape index (κ3) is 5.39. The summed E-state index contributed by atoms with van der Waals surface area (Å²) in [6, 6.07) is 1.82. The van der Waals surface area contributed by atoms with Crippen molar-refractivity contribution < 1.29 is 24.5 Å². The van der Waals surface area contributed by atoms with Crippen molar-refractivity contribution in [1.29, 1.82) is 0 Å². The molecular formula is C25H34O5S. The van der Waals surface area contributed by atoms with Crippen LogP contribution in [0.4, 0.5) is 0 Å². The van der Waals surface area contributed by atoms with E-state index in [4.69, 9.17) is 4.74 Å². The van der Waals surface area contributed by atoms with Gasteiger partial charge in [-0.25, -0.2) is 4.79 Å². The minimum atomic E-state index is -1.10. The predicted molar refractivity (Wildman–Crippen MR) is 121 cm³/mol. The first-order chi connectivity index (χ1) is 14.6. The van der Waals surface area contributed by atoms with Gasteiger partial charge in [0.1, 0.15) is 10.5 Å². The van der Waals surface area contributed by atoms with Gasteiger partial charge in [0.05, 0.1) is 17.4 Å². The second-order valence-electron chi connectivity index (χ2n) is 10.1. The van der Waals surface area contributed by atoms with Crippen LogP contribution in [-0.2, 0) is 9.53 Å². The van der Waals surface area contributed by atoms with E-state index in [-0.39, 0.29) is 35.0 Å². The maximum atomic E-state index is 13.7. The first-order valence-corrected chi connectivity index (χ1v) is 12.1. The number of carboxylic acids is 1. The number of carbonyl (C=O) groups excluding carboxylic acids is 1. The molecule has 3 rings (SSSR count). The van der Waals surface area contributed by atoms with Crippen LogP contribution in [0, 0.1) is 29.1 Å². The second-order valence-corrected chi connectivity index (χ2v) is 11.2. The van der Waals surface area contributed by atoms with E-state index in [0.717, 1.165) is 37.0 Å². The van der Waals surface area contributed by atoms with E-state index in [2.05, 4.69) is 11.8 Å². The van der Waals surface area contributed by atoms with E-state index in [1.807, 2.05) is 26.8 Å². The molecule has 1 aromatic rings. The van der Waals surface area contributed by atoms with Gasteiger partial charge in [-0.3, -0.25) is 4.79 Å². The van der Waals surface area contributed by atoms with Gasteiger partial charge in [-0.2, -0.15) is 0 Å². The van der Waals surface area contributed by atoms with E-state index in [1.54, 1.807) is 6.92 Å². The zero-order valence-corrected chi connectivity index (χ0v) is 19.8. The van der Waals surface area contributed by atoms with Gasteiger partial charge in [0.25, 0.3) is 0 Å². The van der Waals surface area contributed by atoms with E-state index in [9.17, 15) is 19.8 Å². The average molecular weight is 447 g/mol. The highest BCUT2D eigenvalue weighted by Crippen LogP contribution is 2.47. The molecule has 1 unspecified atom stereocenters. The molecule has 2 N–H and O–H groups in total. The molecule has 0 spiro atoms. The molecule has 1 aliphatic carbocycles. The average Bonchev–Trinajstić information content (AvgIpc) is 3.13. The highest BCUT2D eigenvalue weighted by molar-refractivity contribution is 7.14. The minimum absolute atomic E-state index is 0.0457. The van der Waals surface area contributed by atoms with Gasteiger partial charge in [0.15, 0.2) is 5.78 Å². The zero-order valence-electron chi connectivity index (χ0n) is 19.0. The summed E-state index contributed by atoms with van der Waals surface area (Å²) in [5, 5.41) is 19.5. The van der Waals surface area contributed by atoms with Crippen LogP contribution >= 0.6 is 11.3 Å². The number of aromatic carboxylic acids is 1. The van der Waals surface area contributed by atoms with Gasteiger partial charge in [0, 0.05) is 18.4 Å². The normalized spacial score (nSPS) is 27.6. The summed E-state index contributed by atoms with van der Waals surface area (Å²) in [4.78, 5) is 26.7. The van der Waals surface area contributed by atoms with Crippen molar-refractivity contribution >= 4 is 23.1 Å². The Labute approximate surface area is 189 Å². The number of ketones is 1. The van der Waals surface area contributed by atoms with Crippen molar-refractivity contribution in [1.82, 2.24) is 0 Å². The van der Waals surface area contributed by atoms with Crippen LogP contribution < -0.4 is 0 Å². The topological polar surface area (TPSA) is 83.8 Å². The second kappa shape index (κ2) is 9.44. The lowest BCUT2D eigenvalue weighted by Crippen LogP contribution is -2.52. The van der Waals surface area contributed by atoms with Gasteiger partial charge < -0.3 is 14.9 Å². The van der Waals surface area contributed by atoms with Crippen molar-refractivity contribution in [3.63, 3.8) is 0 Å². The van der Waals surface area contributed by atoms with Crippen LogP contribution in [0.15, 0.2) is 6.07 Å². The van der Waals surface area contributed by atoms with Crippen LogP contribution in [0.3, 0.4) is 0 Å². The van der Waals surface area contributed by atoms with Crippen molar-refractivity contribution in [3.05, 3.63) is 21.4 Å². The number of aliphatic hydroxyl groups excluding tert-OH is 1. The maximum Gasteiger partial charge on any atom is 0.346 e. The number of thiophene rings is 1. The number of hydrogen-bond donors (Lipinski definition) is 2. The molecule has 1 saturated heterocycles. The third-order valence-corrected chi connectivity index (χ3v) is 7.58. The molecule has 0 aromatic carbocycles. The molecular weight excluding hydrogens is 412 g/mol. The van der Waals surface area contributed by atoms with Crippen LogP contribution in [0.2, 0.25) is 0 Å². The molecule has 170 valence electrons. The van der Waals surface area contributed by atoms with Gasteiger partial charge in [-0.05, 0) is 51.2 Å². The predicted octanol–water partition coefficient (Wildman–Crippen LogP) is 4.86. The maximum absolute atomic E-state index is 13.7. The van der Waals surface area contributed by atoms with Crippen molar-refractivity contribution in [2.45, 2.75) is 77.7 Å². The fourth-order valence-corrected chi connectivity index (χ4v) is 5.73. The molecule has 6 heteroatoms. The Balaban J connectivity index is 2.08. The fraction of sp³-hybridized carbons (Fsp3) is 0.680. The molecule has 2 fully saturated rings. The Bertz CT molecular complexity index is 878. The first-order valence-electron chi connectivity index (χ1n) is 11.2. The Kier molecular flexibility index (Phi) is 7.30. The fourth-order valence-electron chi connectivity index (χ4n) is 4.84. The van der Waals surface area contributed by atoms with Gasteiger partial charge in [-0.1, -0.05) is 43.9 Å². The number of Topliss-reactive ketones (excluding diaryl/α,β-unsaturated/α-hetero) is 1. The number of rotatable bonds is 5. The Hall–Kier alpha value is -1.68. The highest BCUT2D eigenvalue weighted by atomic mass is 32.1. The first kappa shape index (κ1) is 24.0. The lowest BCUT2D eigenvalue weighted by molar-refractivity contribution is -0.164. The molecule has 3 atom stereocenters. The Morgan fingerprint density at radius 3 is 2.55 bits per heavy atom. The standard InChI is InChI=1S/C25H34O5S/c1-24(2,3)11-10-17-14-18(21(31-17)23(28)29)20-19(16-8-6-5-7-9-16)15-30-25(4,12-13-26)22(20)27/h14,16,19-20,26H,5-9,12-13,15H2,1-4H3,(H,28,29)/t19-,20?,25+/m0/s1. The van der Waals surface area contributed by atoms with Gasteiger partial charge in [-0.15, -0.1) is 11.3 Å². The number of ether oxygens (including phenoxy) is 1. The third-order valence-electron chi connectivity index (χ3n) is 6.52. The zero-order chi connectivity index (χ0) is 22.8. The monoisotopic (exact) mass is 446 g/mol.